The van der Waals surface area contributed by atoms with E-state index in [1.165, 1.54) is 91.0 Å². The molecule has 0 radical (unpaired) electrons. The van der Waals surface area contributed by atoms with Gasteiger partial charge in [0, 0.05) is 52.5 Å². The van der Waals surface area contributed by atoms with E-state index >= 15 is 0 Å². The van der Waals surface area contributed by atoms with Crippen LogP contribution >= 0.6 is 23.5 Å². The van der Waals surface area contributed by atoms with Gasteiger partial charge in [-0.3, -0.25) is 0 Å². The lowest BCUT2D eigenvalue weighted by molar-refractivity contribution is 1.14. The number of nitrogens with zero attached hydrogens (tertiary/aromatic N) is 2. The molecule has 5 heteroatoms. The van der Waals surface area contributed by atoms with Crippen LogP contribution in [0.3, 0.4) is 0 Å². The molecule has 0 fully saturated rings. The van der Waals surface area contributed by atoms with Crippen molar-refractivity contribution in [2.45, 2.75) is 19.6 Å². The summed E-state index contributed by atoms with van der Waals surface area (Å²) in [5.41, 5.74) is 11.6. The zero-order valence-corrected chi connectivity index (χ0v) is 26.9. The van der Waals surface area contributed by atoms with Crippen LogP contribution in [-0.4, -0.2) is 15.8 Å². The van der Waals surface area contributed by atoms with Crippen LogP contribution in [0.4, 0.5) is 0 Å². The average Bonchev–Trinajstić information content (AvgIpc) is 3.62. The first-order chi connectivity index (χ1) is 23.3. The molecule has 47 heavy (non-hydrogen) atoms. The van der Waals surface area contributed by atoms with Crippen molar-refractivity contribution in [2.24, 2.45) is 0 Å². The summed E-state index contributed by atoms with van der Waals surface area (Å²) in [4.78, 5) is 5.42. The van der Waals surface area contributed by atoms with E-state index in [4.69, 9.17) is 0 Å². The smallest absolute Gasteiger partial charge is 0.247 e. The molecule has 0 saturated carbocycles. The van der Waals surface area contributed by atoms with Crippen LogP contribution in [-0.2, 0) is 0 Å². The molecule has 4 heterocycles. The van der Waals surface area contributed by atoms with Crippen LogP contribution in [0.5, 0.6) is 0 Å². The maximum absolute atomic E-state index is 2.51. The van der Waals surface area contributed by atoms with E-state index in [9.17, 15) is 0 Å². The molecule has 2 aromatic heterocycles. The van der Waals surface area contributed by atoms with Crippen LogP contribution in [0.15, 0.2) is 171 Å². The molecular formula is C42H25BN2S2. The average molecular weight is 633 g/mol. The van der Waals surface area contributed by atoms with Gasteiger partial charge >= 0.3 is 0 Å². The van der Waals surface area contributed by atoms with Crippen LogP contribution in [0.1, 0.15) is 0 Å². The fourth-order valence-electron chi connectivity index (χ4n) is 8.07. The second-order valence-electron chi connectivity index (χ2n) is 12.5. The highest BCUT2D eigenvalue weighted by Crippen LogP contribution is 2.43. The molecule has 9 aromatic rings. The van der Waals surface area contributed by atoms with Gasteiger partial charge in [0.15, 0.2) is 0 Å². The highest BCUT2D eigenvalue weighted by atomic mass is 32.2. The normalized spacial score (nSPS) is 13.3. The van der Waals surface area contributed by atoms with E-state index in [0.29, 0.717) is 0 Å². The Hall–Kier alpha value is -5.10. The summed E-state index contributed by atoms with van der Waals surface area (Å²) in [5, 5.41) is 5.09. The molecule has 0 atom stereocenters. The van der Waals surface area contributed by atoms with Crippen molar-refractivity contribution >= 4 is 90.2 Å². The van der Waals surface area contributed by atoms with Gasteiger partial charge in [0.2, 0.25) is 6.71 Å². The van der Waals surface area contributed by atoms with E-state index in [1.807, 2.05) is 23.5 Å². The molecule has 2 nitrogen and oxygen atoms in total. The van der Waals surface area contributed by atoms with Gasteiger partial charge in [-0.05, 0) is 66.1 Å². The van der Waals surface area contributed by atoms with Crippen LogP contribution in [0.25, 0.3) is 55.0 Å². The van der Waals surface area contributed by atoms with Crippen LogP contribution < -0.4 is 16.4 Å². The van der Waals surface area contributed by atoms with Crippen molar-refractivity contribution in [2.75, 3.05) is 0 Å². The Morgan fingerprint density at radius 3 is 1.40 bits per heavy atom. The number of benzene rings is 7. The van der Waals surface area contributed by atoms with Crippen molar-refractivity contribution in [3.8, 4) is 11.4 Å². The fraction of sp³-hybridized carbons (Fsp3) is 0. The predicted octanol–water partition coefficient (Wildman–Crippen LogP) is 9.33. The topological polar surface area (TPSA) is 9.86 Å². The molecule has 0 amide bonds. The van der Waals surface area contributed by atoms with Crippen molar-refractivity contribution in [1.82, 2.24) is 9.13 Å². The minimum atomic E-state index is 0.255. The first-order valence-corrected chi connectivity index (χ1v) is 17.7. The van der Waals surface area contributed by atoms with Gasteiger partial charge < -0.3 is 9.13 Å². The summed E-state index contributed by atoms with van der Waals surface area (Å²) in [6, 6.07) is 56.2. The summed E-state index contributed by atoms with van der Waals surface area (Å²) in [7, 11) is 0. The van der Waals surface area contributed by atoms with Crippen molar-refractivity contribution in [1.29, 1.82) is 0 Å². The Labute approximate surface area is 280 Å². The highest BCUT2D eigenvalue weighted by Gasteiger charge is 2.38. The molecule has 0 bridgehead atoms. The number of hydrogen-bond donors (Lipinski definition) is 0. The molecule has 0 spiro atoms. The Morgan fingerprint density at radius 2 is 0.830 bits per heavy atom. The van der Waals surface area contributed by atoms with E-state index in [1.54, 1.807) is 0 Å². The number of hydrogen-bond acceptors (Lipinski definition) is 2. The van der Waals surface area contributed by atoms with Crippen molar-refractivity contribution < 1.29 is 0 Å². The highest BCUT2D eigenvalue weighted by molar-refractivity contribution is 8.01. The van der Waals surface area contributed by atoms with Gasteiger partial charge in [-0.15, -0.1) is 0 Å². The minimum absolute atomic E-state index is 0.255. The Balaban J connectivity index is 1.22. The molecule has 0 aliphatic carbocycles. The Bertz CT molecular complexity index is 2690. The zero-order chi connectivity index (χ0) is 30.6. The van der Waals surface area contributed by atoms with Gasteiger partial charge in [-0.1, -0.05) is 125 Å². The van der Waals surface area contributed by atoms with Crippen molar-refractivity contribution in [3.63, 3.8) is 0 Å². The van der Waals surface area contributed by atoms with E-state index in [2.05, 4.69) is 161 Å². The third-order valence-electron chi connectivity index (χ3n) is 10.0. The molecule has 11 rings (SSSR count). The van der Waals surface area contributed by atoms with Crippen molar-refractivity contribution in [3.05, 3.63) is 152 Å². The van der Waals surface area contributed by atoms with Gasteiger partial charge in [-0.25, -0.2) is 0 Å². The number of para-hydroxylation sites is 3. The Kier molecular flexibility index (Phi) is 5.38. The zero-order valence-electron chi connectivity index (χ0n) is 25.2. The quantitative estimate of drug-likeness (QED) is 0.176. The molecule has 0 unspecified atom stereocenters. The lowest BCUT2D eigenvalue weighted by Gasteiger charge is -2.33. The van der Waals surface area contributed by atoms with E-state index in [0.717, 1.165) is 0 Å². The lowest BCUT2D eigenvalue weighted by atomic mass is 9.36. The molecule has 0 N–H and O–H groups in total. The van der Waals surface area contributed by atoms with Gasteiger partial charge in [-0.2, -0.15) is 0 Å². The number of rotatable bonds is 2. The molecule has 0 saturated heterocycles. The lowest BCUT2D eigenvalue weighted by Crippen LogP contribution is -2.58. The first-order valence-electron chi connectivity index (χ1n) is 16.1. The third-order valence-corrected chi connectivity index (χ3v) is 12.3. The monoisotopic (exact) mass is 632 g/mol. The summed E-state index contributed by atoms with van der Waals surface area (Å²) in [6.45, 7) is 0.255. The number of aromatic nitrogens is 2. The second-order valence-corrected chi connectivity index (χ2v) is 14.7. The summed E-state index contributed by atoms with van der Waals surface area (Å²) >= 11 is 3.84. The largest absolute Gasteiger partial charge is 0.309 e. The van der Waals surface area contributed by atoms with Gasteiger partial charge in [0.25, 0.3) is 0 Å². The maximum atomic E-state index is 2.51. The molecule has 7 aromatic carbocycles. The SMILES string of the molecule is c1ccc(-n2c3ccccc3c3cc4c(cc32)c2ccccc2n4-c2cc3c4c(c2)Sc2ccccc2B4c2ccccc2S3)cc1. The standard InChI is InChI=1S/C42H25BN2S2/c1-2-12-26(13-3-1)44-34-18-8-4-14-28(34)30-25-37-31(24-36(30)44)29-15-5-9-19-35(29)45(37)27-22-40-42-41(23-27)47-39-21-11-7-17-33(39)43(42)32-16-6-10-20-38(32)46-40/h1-25H. The van der Waals surface area contributed by atoms with Gasteiger partial charge in [0.05, 0.1) is 22.1 Å². The summed E-state index contributed by atoms with van der Waals surface area (Å²) in [6.07, 6.45) is 0. The minimum Gasteiger partial charge on any atom is -0.309 e. The number of fused-ring (bicyclic) bond motifs is 10. The van der Waals surface area contributed by atoms with Crippen LogP contribution in [0.2, 0.25) is 0 Å². The second kappa shape index (κ2) is 9.71. The maximum Gasteiger partial charge on any atom is 0.247 e. The summed E-state index contributed by atoms with van der Waals surface area (Å²) < 4.78 is 4.92. The fourth-order valence-corrected chi connectivity index (χ4v) is 10.5. The Morgan fingerprint density at radius 1 is 0.362 bits per heavy atom. The summed E-state index contributed by atoms with van der Waals surface area (Å²) in [5.74, 6) is 0. The molecular weight excluding hydrogens is 607 g/mol. The molecule has 2 aliphatic rings. The third kappa shape index (κ3) is 3.61. The van der Waals surface area contributed by atoms with Gasteiger partial charge in [0.1, 0.15) is 0 Å². The van der Waals surface area contributed by atoms with Crippen LogP contribution in [0, 0.1) is 0 Å². The predicted molar refractivity (Wildman–Crippen MR) is 201 cm³/mol. The molecule has 218 valence electrons. The molecule has 2 aliphatic heterocycles. The first kappa shape index (κ1) is 26.0. The van der Waals surface area contributed by atoms with E-state index < -0.39 is 0 Å². The van der Waals surface area contributed by atoms with E-state index in [-0.39, 0.29) is 6.71 Å².